The zero-order valence-corrected chi connectivity index (χ0v) is 15.9. The van der Waals surface area contributed by atoms with Gasteiger partial charge in [-0.2, -0.15) is 13.2 Å². The van der Waals surface area contributed by atoms with Crippen molar-refractivity contribution in [1.82, 2.24) is 10.2 Å². The third-order valence-electron chi connectivity index (χ3n) is 4.28. The molecule has 1 saturated heterocycles. The molecule has 0 bridgehead atoms. The zero-order valence-electron chi connectivity index (χ0n) is 15.9. The Kier molecular flexibility index (Phi) is 8.22. The molecular formula is C19H28F3N3O2. The minimum Gasteiger partial charge on any atom is -0.491 e. The maximum Gasteiger partial charge on any atom is 0.419 e. The molecule has 0 amide bonds. The van der Waals surface area contributed by atoms with Gasteiger partial charge in [0.25, 0.3) is 0 Å². The first-order chi connectivity index (χ1) is 13.0. The van der Waals surface area contributed by atoms with Gasteiger partial charge in [-0.25, -0.2) is 4.99 Å². The Morgan fingerprint density at radius 2 is 2.07 bits per heavy atom. The largest absolute Gasteiger partial charge is 0.491 e. The number of nitrogens with one attached hydrogen (secondary N) is 1. The van der Waals surface area contributed by atoms with Crippen molar-refractivity contribution in [3.05, 3.63) is 29.8 Å². The van der Waals surface area contributed by atoms with Crippen LogP contribution in [0.2, 0.25) is 0 Å². The van der Waals surface area contributed by atoms with E-state index in [1.807, 2.05) is 13.8 Å². The summed E-state index contributed by atoms with van der Waals surface area (Å²) in [5.41, 5.74) is -0.765. The number of halogens is 3. The summed E-state index contributed by atoms with van der Waals surface area (Å²) in [6.07, 6.45) is -3.39. The van der Waals surface area contributed by atoms with Crippen LogP contribution < -0.4 is 10.1 Å². The molecule has 0 aliphatic carbocycles. The van der Waals surface area contributed by atoms with E-state index in [0.29, 0.717) is 12.5 Å². The monoisotopic (exact) mass is 387 g/mol. The molecule has 152 valence electrons. The maximum atomic E-state index is 13.0. The first kappa shape index (κ1) is 21.3. The standard InChI is InChI=1S/C19H28F3N3O2/c1-3-23-18(25-11-9-15(13-25)14-26-4-2)24-10-12-27-17-8-6-5-7-16(17)19(20,21)22/h5-8,15H,3-4,9-14H2,1-2H3,(H,23,24). The lowest BCUT2D eigenvalue weighted by Gasteiger charge is -2.21. The minimum absolute atomic E-state index is 0.0815. The van der Waals surface area contributed by atoms with Crippen molar-refractivity contribution in [2.24, 2.45) is 10.9 Å². The van der Waals surface area contributed by atoms with Crippen LogP contribution in [-0.2, 0) is 10.9 Å². The van der Waals surface area contributed by atoms with Crippen molar-refractivity contribution in [3.8, 4) is 5.75 Å². The minimum atomic E-state index is -4.43. The van der Waals surface area contributed by atoms with Gasteiger partial charge < -0.3 is 19.7 Å². The molecule has 1 heterocycles. The average molecular weight is 387 g/mol. The molecule has 1 unspecified atom stereocenters. The molecule has 0 spiro atoms. The van der Waals surface area contributed by atoms with Gasteiger partial charge in [0.1, 0.15) is 12.4 Å². The van der Waals surface area contributed by atoms with E-state index in [4.69, 9.17) is 9.47 Å². The summed E-state index contributed by atoms with van der Waals surface area (Å²) < 4.78 is 49.8. The number of alkyl halides is 3. The number of rotatable bonds is 8. The van der Waals surface area contributed by atoms with E-state index in [1.54, 1.807) is 0 Å². The van der Waals surface area contributed by atoms with Crippen LogP contribution in [0.5, 0.6) is 5.75 Å². The van der Waals surface area contributed by atoms with Crippen LogP contribution in [0.15, 0.2) is 29.3 Å². The summed E-state index contributed by atoms with van der Waals surface area (Å²) in [4.78, 5) is 6.67. The van der Waals surface area contributed by atoms with E-state index in [-0.39, 0.29) is 18.9 Å². The first-order valence-corrected chi connectivity index (χ1v) is 9.35. The third-order valence-corrected chi connectivity index (χ3v) is 4.28. The van der Waals surface area contributed by atoms with E-state index in [0.717, 1.165) is 44.7 Å². The molecule has 1 fully saturated rings. The van der Waals surface area contributed by atoms with Crippen LogP contribution in [0.25, 0.3) is 0 Å². The predicted molar refractivity (Wildman–Crippen MR) is 99.1 cm³/mol. The molecule has 2 rings (SSSR count). The summed E-state index contributed by atoms with van der Waals surface area (Å²) in [5.74, 6) is 1.08. The van der Waals surface area contributed by atoms with Gasteiger partial charge in [-0.1, -0.05) is 12.1 Å². The van der Waals surface area contributed by atoms with Gasteiger partial charge in [0.15, 0.2) is 5.96 Å². The number of hydrogen-bond acceptors (Lipinski definition) is 3. The van der Waals surface area contributed by atoms with Gasteiger partial charge >= 0.3 is 6.18 Å². The lowest BCUT2D eigenvalue weighted by molar-refractivity contribution is -0.138. The molecule has 1 atom stereocenters. The van der Waals surface area contributed by atoms with Crippen molar-refractivity contribution in [2.45, 2.75) is 26.4 Å². The van der Waals surface area contributed by atoms with E-state index >= 15 is 0 Å². The molecule has 0 aromatic heterocycles. The predicted octanol–water partition coefficient (Wildman–Crippen LogP) is 3.41. The SMILES string of the molecule is CCNC(=NCCOc1ccccc1C(F)(F)F)N1CCC(COCC)C1. The first-order valence-electron chi connectivity index (χ1n) is 9.35. The Morgan fingerprint density at radius 3 is 2.78 bits per heavy atom. The van der Waals surface area contributed by atoms with E-state index in [2.05, 4.69) is 15.2 Å². The summed E-state index contributed by atoms with van der Waals surface area (Å²) in [6.45, 7) is 8.26. The molecular weight excluding hydrogens is 359 g/mol. The molecule has 1 aromatic carbocycles. The highest BCUT2D eigenvalue weighted by molar-refractivity contribution is 5.80. The van der Waals surface area contributed by atoms with Crippen LogP contribution in [0.1, 0.15) is 25.8 Å². The number of likely N-dealkylation sites (tertiary alicyclic amines) is 1. The summed E-state index contributed by atoms with van der Waals surface area (Å²) >= 11 is 0. The van der Waals surface area contributed by atoms with E-state index < -0.39 is 11.7 Å². The fourth-order valence-corrected chi connectivity index (χ4v) is 3.01. The summed E-state index contributed by atoms with van der Waals surface area (Å²) in [7, 11) is 0. The highest BCUT2D eigenvalue weighted by Gasteiger charge is 2.34. The number of ether oxygens (including phenoxy) is 2. The topological polar surface area (TPSA) is 46.1 Å². The summed E-state index contributed by atoms with van der Waals surface area (Å²) in [6, 6.07) is 5.23. The quantitative estimate of drug-likeness (QED) is 0.422. The van der Waals surface area contributed by atoms with Crippen LogP contribution in [0, 0.1) is 5.92 Å². The van der Waals surface area contributed by atoms with Gasteiger partial charge in [0.2, 0.25) is 0 Å². The average Bonchev–Trinajstić information content (AvgIpc) is 3.11. The number of aliphatic imine (C=N–C) groups is 1. The van der Waals surface area contributed by atoms with Crippen LogP contribution in [-0.4, -0.2) is 56.9 Å². The van der Waals surface area contributed by atoms with E-state index in [1.165, 1.54) is 18.2 Å². The highest BCUT2D eigenvalue weighted by Crippen LogP contribution is 2.35. The van der Waals surface area contributed by atoms with Crippen molar-refractivity contribution in [2.75, 3.05) is 46.0 Å². The van der Waals surface area contributed by atoms with Crippen molar-refractivity contribution in [1.29, 1.82) is 0 Å². The van der Waals surface area contributed by atoms with Crippen molar-refractivity contribution in [3.63, 3.8) is 0 Å². The van der Waals surface area contributed by atoms with Crippen molar-refractivity contribution >= 4 is 5.96 Å². The Hall–Kier alpha value is -1.96. The number of hydrogen-bond donors (Lipinski definition) is 1. The Morgan fingerprint density at radius 1 is 1.30 bits per heavy atom. The second kappa shape index (κ2) is 10.4. The lowest BCUT2D eigenvalue weighted by atomic mass is 10.1. The highest BCUT2D eigenvalue weighted by atomic mass is 19.4. The molecule has 5 nitrogen and oxygen atoms in total. The number of para-hydroxylation sites is 1. The second-order valence-corrected chi connectivity index (χ2v) is 6.34. The number of benzene rings is 1. The molecule has 8 heteroatoms. The second-order valence-electron chi connectivity index (χ2n) is 6.34. The molecule has 27 heavy (non-hydrogen) atoms. The van der Waals surface area contributed by atoms with Gasteiger partial charge in [0.05, 0.1) is 18.7 Å². The van der Waals surface area contributed by atoms with Crippen molar-refractivity contribution < 1.29 is 22.6 Å². The van der Waals surface area contributed by atoms with Crippen LogP contribution in [0.3, 0.4) is 0 Å². The van der Waals surface area contributed by atoms with Crippen LogP contribution >= 0.6 is 0 Å². The van der Waals surface area contributed by atoms with Crippen LogP contribution in [0.4, 0.5) is 13.2 Å². The Labute approximate surface area is 158 Å². The van der Waals surface area contributed by atoms with Gasteiger partial charge in [0, 0.05) is 32.2 Å². The molecule has 1 N–H and O–H groups in total. The molecule has 1 aliphatic heterocycles. The molecule has 0 saturated carbocycles. The van der Waals surface area contributed by atoms with Gasteiger partial charge in [-0.05, 0) is 32.4 Å². The lowest BCUT2D eigenvalue weighted by Crippen LogP contribution is -2.40. The van der Waals surface area contributed by atoms with E-state index in [9.17, 15) is 13.2 Å². The zero-order chi connectivity index (χ0) is 19.7. The smallest absolute Gasteiger partial charge is 0.419 e. The molecule has 0 radical (unpaired) electrons. The third kappa shape index (κ3) is 6.61. The van der Waals surface area contributed by atoms with Gasteiger partial charge in [-0.3, -0.25) is 0 Å². The fraction of sp³-hybridized carbons (Fsp3) is 0.632. The molecule has 1 aromatic rings. The summed E-state index contributed by atoms with van der Waals surface area (Å²) in [5, 5.41) is 3.24. The number of nitrogens with zero attached hydrogens (tertiary/aromatic N) is 2. The molecule has 1 aliphatic rings. The van der Waals surface area contributed by atoms with Gasteiger partial charge in [-0.15, -0.1) is 0 Å². The Bertz CT molecular complexity index is 608. The Balaban J connectivity index is 1.89. The fourth-order valence-electron chi connectivity index (χ4n) is 3.01. The normalized spacial score (nSPS) is 18.0. The maximum absolute atomic E-state index is 13.0. The number of guanidine groups is 1.